The number of primary amides is 1. The van der Waals surface area contributed by atoms with E-state index in [1.807, 2.05) is 29.2 Å². The highest BCUT2D eigenvalue weighted by molar-refractivity contribution is 5.75. The quantitative estimate of drug-likeness (QED) is 0.760. The Kier molecular flexibility index (Phi) is 6.78. The molecule has 0 aliphatic rings. The maximum atomic E-state index is 11.2. The van der Waals surface area contributed by atoms with Gasteiger partial charge >= 0.3 is 0 Å². The second-order valence-electron chi connectivity index (χ2n) is 5.15. The van der Waals surface area contributed by atoms with Crippen LogP contribution in [0.1, 0.15) is 25.0 Å². The molecule has 1 amide bonds. The van der Waals surface area contributed by atoms with Crippen LogP contribution in [0.25, 0.3) is 0 Å². The molecule has 0 heterocycles. The van der Waals surface area contributed by atoms with Gasteiger partial charge in [0.05, 0.1) is 6.54 Å². The lowest BCUT2D eigenvalue weighted by atomic mass is 10.1. The molecular weight excluding hydrogens is 252 g/mol. The van der Waals surface area contributed by atoms with E-state index in [0.29, 0.717) is 12.5 Å². The van der Waals surface area contributed by atoms with Gasteiger partial charge in [-0.1, -0.05) is 43.9 Å². The van der Waals surface area contributed by atoms with E-state index in [1.165, 1.54) is 0 Å². The first kappa shape index (κ1) is 16.2. The van der Waals surface area contributed by atoms with E-state index in [-0.39, 0.29) is 19.1 Å². The van der Waals surface area contributed by atoms with E-state index >= 15 is 0 Å². The zero-order valence-electron chi connectivity index (χ0n) is 12.1. The predicted molar refractivity (Wildman–Crippen MR) is 79.7 cm³/mol. The Hall–Kier alpha value is -1.83. The molecule has 0 fully saturated rings. The number of rotatable bonds is 6. The summed E-state index contributed by atoms with van der Waals surface area (Å²) in [5.74, 6) is 5.71. The molecule has 0 aliphatic carbocycles. The van der Waals surface area contributed by atoms with Gasteiger partial charge in [-0.2, -0.15) is 0 Å². The number of nitrogens with zero attached hydrogens (tertiary/aromatic N) is 1. The van der Waals surface area contributed by atoms with Crippen molar-refractivity contribution in [3.8, 4) is 11.8 Å². The molecule has 0 unspecified atom stereocenters. The summed E-state index contributed by atoms with van der Waals surface area (Å²) < 4.78 is 0. The molecule has 3 N–H and O–H groups in total. The number of nitrogens with two attached hydrogens (primary N) is 1. The number of benzene rings is 1. The Bertz CT molecular complexity index is 501. The van der Waals surface area contributed by atoms with Gasteiger partial charge in [-0.3, -0.25) is 9.69 Å². The molecule has 0 saturated carbocycles. The molecular formula is C16H22N2O2. The van der Waals surface area contributed by atoms with Gasteiger partial charge in [-0.05, 0) is 17.5 Å². The summed E-state index contributed by atoms with van der Waals surface area (Å²) in [4.78, 5) is 13.2. The molecule has 1 aromatic rings. The number of carbonyl (C=O) groups is 1. The first-order valence-electron chi connectivity index (χ1n) is 6.71. The minimum atomic E-state index is -0.329. The zero-order chi connectivity index (χ0) is 15.0. The molecule has 0 aliphatic heterocycles. The average molecular weight is 274 g/mol. The maximum absolute atomic E-state index is 11.2. The van der Waals surface area contributed by atoms with E-state index in [4.69, 9.17) is 10.8 Å². The SMILES string of the molecule is CC(C)CN(CC(N)=O)Cc1ccccc1C#CCO. The van der Waals surface area contributed by atoms with Crippen molar-refractivity contribution >= 4 is 5.91 Å². The van der Waals surface area contributed by atoms with Crippen LogP contribution < -0.4 is 5.73 Å². The standard InChI is InChI=1S/C16H22N2O2/c1-13(2)10-18(12-16(17)20)11-15-7-4-3-6-14(15)8-5-9-19/h3-4,6-7,13,19H,9-12H2,1-2H3,(H2,17,20). The molecule has 0 bridgehead atoms. The Balaban J connectivity index is 2.89. The van der Waals surface area contributed by atoms with Crippen LogP contribution in [0.3, 0.4) is 0 Å². The third kappa shape index (κ3) is 5.87. The van der Waals surface area contributed by atoms with Crippen molar-refractivity contribution in [1.82, 2.24) is 4.90 Å². The van der Waals surface area contributed by atoms with Crippen LogP contribution in [0, 0.1) is 17.8 Å². The van der Waals surface area contributed by atoms with Crippen molar-refractivity contribution < 1.29 is 9.90 Å². The number of amides is 1. The van der Waals surface area contributed by atoms with Crippen LogP contribution in [0.5, 0.6) is 0 Å². The predicted octanol–water partition coefficient (Wildman–Crippen LogP) is 0.974. The fourth-order valence-electron chi connectivity index (χ4n) is 2.08. The van der Waals surface area contributed by atoms with Gasteiger partial charge in [0.25, 0.3) is 0 Å². The van der Waals surface area contributed by atoms with Crippen LogP contribution in [0.4, 0.5) is 0 Å². The normalized spacial score (nSPS) is 10.4. The van der Waals surface area contributed by atoms with Crippen LogP contribution in [0.15, 0.2) is 24.3 Å². The van der Waals surface area contributed by atoms with Gasteiger partial charge < -0.3 is 10.8 Å². The zero-order valence-corrected chi connectivity index (χ0v) is 12.1. The molecule has 0 saturated heterocycles. The van der Waals surface area contributed by atoms with E-state index < -0.39 is 0 Å². The third-order valence-corrected chi connectivity index (χ3v) is 2.72. The summed E-state index contributed by atoms with van der Waals surface area (Å²) in [6.07, 6.45) is 0. The average Bonchev–Trinajstić information content (AvgIpc) is 2.36. The Labute approximate surface area is 120 Å². The Morgan fingerprint density at radius 1 is 1.40 bits per heavy atom. The summed E-state index contributed by atoms with van der Waals surface area (Å²) >= 11 is 0. The van der Waals surface area contributed by atoms with Crippen molar-refractivity contribution in [3.63, 3.8) is 0 Å². The minimum Gasteiger partial charge on any atom is -0.384 e. The molecule has 108 valence electrons. The highest BCUT2D eigenvalue weighted by Crippen LogP contribution is 2.12. The van der Waals surface area contributed by atoms with E-state index in [0.717, 1.165) is 17.7 Å². The highest BCUT2D eigenvalue weighted by Gasteiger charge is 2.12. The topological polar surface area (TPSA) is 66.6 Å². The van der Waals surface area contributed by atoms with Gasteiger partial charge in [0.15, 0.2) is 0 Å². The van der Waals surface area contributed by atoms with Crippen LogP contribution in [-0.2, 0) is 11.3 Å². The number of aliphatic hydroxyl groups excluding tert-OH is 1. The van der Waals surface area contributed by atoms with Crippen LogP contribution in [0.2, 0.25) is 0 Å². The molecule has 1 rings (SSSR count). The molecule has 0 aromatic heterocycles. The van der Waals surface area contributed by atoms with Gasteiger partial charge in [-0.25, -0.2) is 0 Å². The van der Waals surface area contributed by atoms with Crippen molar-refractivity contribution in [2.45, 2.75) is 20.4 Å². The number of hydrogen-bond donors (Lipinski definition) is 2. The lowest BCUT2D eigenvalue weighted by molar-refractivity contribution is -0.119. The second kappa shape index (κ2) is 8.36. The first-order chi connectivity index (χ1) is 9.52. The fourth-order valence-corrected chi connectivity index (χ4v) is 2.08. The second-order valence-corrected chi connectivity index (χ2v) is 5.15. The van der Waals surface area contributed by atoms with Gasteiger partial charge in [0.1, 0.15) is 6.61 Å². The highest BCUT2D eigenvalue weighted by atomic mass is 16.2. The van der Waals surface area contributed by atoms with Crippen molar-refractivity contribution in [2.75, 3.05) is 19.7 Å². The Morgan fingerprint density at radius 3 is 2.70 bits per heavy atom. The molecule has 0 atom stereocenters. The van der Waals surface area contributed by atoms with Gasteiger partial charge in [-0.15, -0.1) is 0 Å². The van der Waals surface area contributed by atoms with Crippen molar-refractivity contribution in [2.24, 2.45) is 11.7 Å². The van der Waals surface area contributed by atoms with Crippen LogP contribution in [-0.4, -0.2) is 35.6 Å². The monoisotopic (exact) mass is 274 g/mol. The molecule has 4 heteroatoms. The maximum Gasteiger partial charge on any atom is 0.231 e. The molecule has 1 aromatic carbocycles. The summed E-state index contributed by atoms with van der Waals surface area (Å²) in [5.41, 5.74) is 7.21. The molecule has 0 spiro atoms. The fraction of sp³-hybridized carbons (Fsp3) is 0.438. The summed E-state index contributed by atoms with van der Waals surface area (Å²) in [7, 11) is 0. The van der Waals surface area contributed by atoms with Crippen molar-refractivity contribution in [1.29, 1.82) is 0 Å². The molecule has 0 radical (unpaired) electrons. The summed E-state index contributed by atoms with van der Waals surface area (Å²) in [6.45, 7) is 5.70. The third-order valence-electron chi connectivity index (χ3n) is 2.72. The van der Waals surface area contributed by atoms with Crippen LogP contribution >= 0.6 is 0 Å². The number of hydrogen-bond acceptors (Lipinski definition) is 3. The van der Waals surface area contributed by atoms with Gasteiger partial charge in [0, 0.05) is 18.7 Å². The minimum absolute atomic E-state index is 0.161. The largest absolute Gasteiger partial charge is 0.384 e. The molecule has 20 heavy (non-hydrogen) atoms. The summed E-state index contributed by atoms with van der Waals surface area (Å²) in [6, 6.07) is 7.74. The molecule has 4 nitrogen and oxygen atoms in total. The van der Waals surface area contributed by atoms with Gasteiger partial charge in [0.2, 0.25) is 5.91 Å². The summed E-state index contributed by atoms with van der Waals surface area (Å²) in [5, 5.41) is 8.79. The van der Waals surface area contributed by atoms with E-state index in [9.17, 15) is 4.79 Å². The Morgan fingerprint density at radius 2 is 2.10 bits per heavy atom. The lowest BCUT2D eigenvalue weighted by Crippen LogP contribution is -2.35. The number of aliphatic hydroxyl groups is 1. The van der Waals surface area contributed by atoms with Crippen molar-refractivity contribution in [3.05, 3.63) is 35.4 Å². The lowest BCUT2D eigenvalue weighted by Gasteiger charge is -2.23. The van der Waals surface area contributed by atoms with E-state index in [1.54, 1.807) is 0 Å². The van der Waals surface area contributed by atoms with E-state index in [2.05, 4.69) is 25.7 Å². The smallest absolute Gasteiger partial charge is 0.231 e. The number of carbonyl (C=O) groups excluding carboxylic acids is 1. The first-order valence-corrected chi connectivity index (χ1v) is 6.71.